The van der Waals surface area contributed by atoms with E-state index in [-0.39, 0.29) is 29.0 Å². The Labute approximate surface area is 304 Å². The van der Waals surface area contributed by atoms with Gasteiger partial charge in [0.25, 0.3) is 13.4 Å². The molecule has 2 fully saturated rings. The van der Waals surface area contributed by atoms with E-state index in [2.05, 4.69) is 41.2 Å². The summed E-state index contributed by atoms with van der Waals surface area (Å²) in [6, 6.07) is 0. The van der Waals surface area contributed by atoms with Crippen molar-refractivity contribution in [2.24, 2.45) is 0 Å². The van der Waals surface area contributed by atoms with Gasteiger partial charge in [-0.1, -0.05) is 0 Å². The lowest BCUT2D eigenvalue weighted by Gasteiger charge is -2.26. The van der Waals surface area contributed by atoms with Crippen molar-refractivity contribution in [3.05, 3.63) is 45.3 Å². The monoisotopic (exact) mass is 890 g/mol. The fraction of sp³-hybridized carbons (Fsp3) is 0.550. The molecular formula is C20H29N7O23P5-. The normalized spacial score (nSPS) is 29.9. The van der Waals surface area contributed by atoms with Gasteiger partial charge in [-0.15, -0.1) is 0 Å². The van der Waals surface area contributed by atoms with Crippen molar-refractivity contribution in [3.63, 3.8) is 0 Å². The molecule has 12 atom stereocenters. The zero-order valence-electron chi connectivity index (χ0n) is 27.1. The van der Waals surface area contributed by atoms with E-state index in [1.807, 2.05) is 4.98 Å². The molecule has 308 valence electrons. The predicted octanol–water partition coefficient (Wildman–Crippen LogP) is -2.50. The number of aliphatic hydroxyl groups excluding tert-OH is 3. The van der Waals surface area contributed by atoms with Crippen LogP contribution < -0.4 is 21.9 Å². The number of aromatic nitrogens is 6. The molecule has 5 rings (SSSR count). The molecule has 0 aliphatic carbocycles. The van der Waals surface area contributed by atoms with Gasteiger partial charge >= 0.3 is 37.0 Å². The van der Waals surface area contributed by atoms with Gasteiger partial charge in [-0.05, 0) is 6.92 Å². The van der Waals surface area contributed by atoms with Crippen molar-refractivity contribution in [1.82, 2.24) is 29.1 Å². The third-order valence-electron chi connectivity index (χ3n) is 7.28. The maximum absolute atomic E-state index is 13.1. The van der Waals surface area contributed by atoms with Crippen molar-refractivity contribution < 1.29 is 98.4 Å². The van der Waals surface area contributed by atoms with Gasteiger partial charge in [0.1, 0.15) is 42.5 Å². The van der Waals surface area contributed by atoms with Gasteiger partial charge in [-0.25, -0.2) is 42.3 Å². The lowest BCUT2D eigenvalue weighted by molar-refractivity contribution is -0.212. The minimum Gasteiger partial charge on any atom is -0.756 e. The summed E-state index contributed by atoms with van der Waals surface area (Å²) < 4.78 is 99.1. The SMILES string of the molecule is Cc1cn(C2CC(O)C(COP(=O)(O)OP(=O)(O)OP(=O)(O)OP(=O)(OCC3OC(n4cnc5c(N)ncnc54)C(O)C3O)OP(=O)([O-])O)O2)c(=O)[nH]c1=O. The first-order chi connectivity index (χ1) is 25.3. The van der Waals surface area contributed by atoms with Crippen molar-refractivity contribution in [3.8, 4) is 0 Å². The molecule has 2 aliphatic rings. The van der Waals surface area contributed by atoms with Crippen LogP contribution in [-0.2, 0) is 58.6 Å². The van der Waals surface area contributed by atoms with Crippen LogP contribution in [0.3, 0.4) is 0 Å². The van der Waals surface area contributed by atoms with Crippen LogP contribution >= 0.6 is 39.1 Å². The van der Waals surface area contributed by atoms with E-state index in [0.29, 0.717) is 0 Å². The molecule has 55 heavy (non-hydrogen) atoms. The van der Waals surface area contributed by atoms with E-state index in [9.17, 15) is 67.3 Å². The molecule has 0 saturated carbocycles. The van der Waals surface area contributed by atoms with Crippen LogP contribution in [0.25, 0.3) is 11.2 Å². The van der Waals surface area contributed by atoms with Crippen molar-refractivity contribution in [1.29, 1.82) is 0 Å². The molecule has 10 N–H and O–H groups in total. The van der Waals surface area contributed by atoms with Gasteiger partial charge in [0, 0.05) is 18.2 Å². The lowest BCUT2D eigenvalue weighted by Crippen LogP contribution is -2.33. The number of phosphoric ester groups is 1. The van der Waals surface area contributed by atoms with Crippen LogP contribution in [0, 0.1) is 6.92 Å². The summed E-state index contributed by atoms with van der Waals surface area (Å²) in [6.45, 7) is -1.10. The topological polar surface area (TPSA) is 448 Å². The third-order valence-corrected chi connectivity index (χ3v) is 14.8. The van der Waals surface area contributed by atoms with Crippen LogP contribution in [0.2, 0.25) is 0 Å². The molecule has 12 unspecified atom stereocenters. The molecule has 0 bridgehead atoms. The number of nitrogens with two attached hydrogens (primary N) is 1. The average Bonchev–Trinajstić information content (AvgIpc) is 3.70. The summed E-state index contributed by atoms with van der Waals surface area (Å²) in [4.78, 5) is 87.7. The standard InChI is InChI=1S/C20H30N7O23P5/c1-8-3-26(20(32)25-18(8)31)12-2-9(28)10(45-12)4-43-52(36,37)48-53(38,39)49-54(40,41)50-55(42,47-51(33,34)35)44-5-11-14(29)15(30)19(46-11)27-7-24-13-16(21)22-6-23-17(13)27/h3,6-7,9-12,14-15,19,28-30H,2,4-5H2,1H3,(H,36,37)(H,38,39)(H,40,41)(H2,21,22,23)(H,25,31,32)(H2,33,34,35)/p-1. The summed E-state index contributed by atoms with van der Waals surface area (Å²) in [5, 5.41) is 31.3. The van der Waals surface area contributed by atoms with E-state index in [4.69, 9.17) is 20.1 Å². The van der Waals surface area contributed by atoms with Gasteiger partial charge < -0.3 is 55.0 Å². The smallest absolute Gasteiger partial charge is 0.490 e. The number of aliphatic hydroxyl groups is 3. The molecule has 5 heterocycles. The number of aromatic amines is 1. The Morgan fingerprint density at radius 1 is 0.873 bits per heavy atom. The Morgan fingerprint density at radius 2 is 1.51 bits per heavy atom. The molecule has 3 aromatic rings. The zero-order chi connectivity index (χ0) is 40.9. The minimum atomic E-state index is -6.51. The number of phosphoric acid groups is 5. The fourth-order valence-corrected chi connectivity index (χ4v) is 11.5. The predicted molar refractivity (Wildman–Crippen MR) is 169 cm³/mol. The number of aryl methyl sites for hydroxylation is 1. The summed E-state index contributed by atoms with van der Waals surface area (Å²) >= 11 is 0. The highest BCUT2D eigenvalue weighted by Crippen LogP contribution is 2.74. The van der Waals surface area contributed by atoms with E-state index in [0.717, 1.165) is 28.0 Å². The number of nitrogens with zero attached hydrogens (tertiary/aromatic N) is 5. The van der Waals surface area contributed by atoms with E-state index < -0.39 is 107 Å². The number of nitrogen functional groups attached to an aromatic ring is 1. The molecule has 0 amide bonds. The van der Waals surface area contributed by atoms with Crippen LogP contribution in [0.5, 0.6) is 0 Å². The maximum atomic E-state index is 13.1. The Morgan fingerprint density at radius 3 is 2.18 bits per heavy atom. The first kappa shape index (κ1) is 43.7. The third kappa shape index (κ3) is 10.7. The summed E-state index contributed by atoms with van der Waals surface area (Å²) in [5.74, 6) is -0.0763. The Balaban J connectivity index is 1.21. The molecule has 0 radical (unpaired) electrons. The molecule has 0 spiro atoms. The number of H-pyrrole nitrogens is 1. The second-order valence-corrected chi connectivity index (χ2v) is 19.1. The van der Waals surface area contributed by atoms with Gasteiger partial charge in [-0.3, -0.25) is 32.5 Å². The number of rotatable bonds is 16. The minimum absolute atomic E-state index is 0.00382. The Bertz CT molecular complexity index is 2280. The lowest BCUT2D eigenvalue weighted by atomic mass is 10.1. The molecule has 35 heteroatoms. The zero-order valence-corrected chi connectivity index (χ0v) is 31.6. The van der Waals surface area contributed by atoms with Gasteiger partial charge in [0.2, 0.25) is 0 Å². The van der Waals surface area contributed by atoms with Crippen molar-refractivity contribution >= 4 is 56.1 Å². The number of hydrogen-bond donors (Lipinski definition) is 9. The summed E-state index contributed by atoms with van der Waals surface area (Å²) in [7, 11) is -31.2. The first-order valence-electron chi connectivity index (χ1n) is 14.6. The number of imidazole rings is 1. The second kappa shape index (κ2) is 16.1. The molecule has 2 saturated heterocycles. The largest absolute Gasteiger partial charge is 0.756 e. The van der Waals surface area contributed by atoms with Crippen LogP contribution in [-0.4, -0.2) is 108 Å². The van der Waals surface area contributed by atoms with Gasteiger partial charge in [-0.2, -0.15) is 12.9 Å². The highest BCUT2D eigenvalue weighted by atomic mass is 31.3. The maximum Gasteiger partial charge on any atom is 0.490 e. The van der Waals surface area contributed by atoms with E-state index in [1.54, 1.807) is 0 Å². The number of anilines is 1. The van der Waals surface area contributed by atoms with Crippen molar-refractivity contribution in [2.75, 3.05) is 18.9 Å². The van der Waals surface area contributed by atoms with Crippen LogP contribution in [0.4, 0.5) is 5.82 Å². The Hall–Kier alpha value is -2.46. The Kier molecular flexibility index (Phi) is 12.7. The van der Waals surface area contributed by atoms with Crippen LogP contribution in [0.15, 0.2) is 28.4 Å². The summed E-state index contributed by atoms with van der Waals surface area (Å²) in [5.41, 5.74) is 4.20. The van der Waals surface area contributed by atoms with E-state index >= 15 is 0 Å². The number of nitrogens with one attached hydrogen (secondary N) is 1. The molecule has 3 aromatic heterocycles. The number of ether oxygens (including phenoxy) is 2. The fourth-order valence-electron chi connectivity index (χ4n) is 4.95. The highest BCUT2D eigenvalue weighted by molar-refractivity contribution is 7.71. The summed E-state index contributed by atoms with van der Waals surface area (Å²) in [6.07, 6.45) is -8.55. The van der Waals surface area contributed by atoms with Gasteiger partial charge in [0.15, 0.2) is 17.7 Å². The quantitative estimate of drug-likeness (QED) is 0.0671. The van der Waals surface area contributed by atoms with Crippen LogP contribution in [0.1, 0.15) is 24.4 Å². The van der Waals surface area contributed by atoms with E-state index in [1.165, 1.54) is 6.92 Å². The number of fused-ring (bicyclic) bond motifs is 1. The molecular weight excluding hydrogens is 861 g/mol. The molecule has 2 aliphatic heterocycles. The number of hydrogen-bond acceptors (Lipinski definition) is 23. The second-order valence-electron chi connectivity index (χ2n) is 11.3. The first-order valence-corrected chi connectivity index (χ1v) is 22.1. The van der Waals surface area contributed by atoms with Crippen molar-refractivity contribution in [2.45, 2.75) is 56.3 Å². The molecule has 0 aromatic carbocycles. The highest BCUT2D eigenvalue weighted by Gasteiger charge is 2.50. The average molecular weight is 890 g/mol. The van der Waals surface area contributed by atoms with Gasteiger partial charge in [0.05, 0.1) is 25.6 Å². The molecule has 30 nitrogen and oxygen atoms in total.